The number of carbonyl (C=O) groups is 1. The zero-order chi connectivity index (χ0) is 10.3. The molecule has 0 saturated carbocycles. The van der Waals surface area contributed by atoms with E-state index in [0.717, 1.165) is 6.92 Å². The van der Waals surface area contributed by atoms with E-state index in [1.165, 1.54) is 0 Å². The number of rotatable bonds is 3. The third kappa shape index (κ3) is 2.15. The van der Waals surface area contributed by atoms with Crippen LogP contribution in [0.25, 0.3) is 0 Å². The van der Waals surface area contributed by atoms with Gasteiger partial charge in [0.05, 0.1) is 5.41 Å². The molecule has 0 atom stereocenters. The summed E-state index contributed by atoms with van der Waals surface area (Å²) < 4.78 is 25.3. The number of hydrogen-bond donors (Lipinski definition) is 1. The monoisotopic (exact) mass is 193 g/mol. The van der Waals surface area contributed by atoms with Gasteiger partial charge in [0.25, 0.3) is 0 Å². The summed E-state index contributed by atoms with van der Waals surface area (Å²) in [5.74, 6) is -4.02. The topological polar surface area (TPSA) is 40.5 Å². The Balaban J connectivity index is 2.66. The lowest BCUT2D eigenvalue weighted by molar-refractivity contribution is -0.169. The highest BCUT2D eigenvalue weighted by molar-refractivity contribution is 5.76. The van der Waals surface area contributed by atoms with Crippen molar-refractivity contribution < 1.29 is 18.7 Å². The Labute approximate surface area is 75.3 Å². The van der Waals surface area contributed by atoms with Gasteiger partial charge < -0.3 is 10.0 Å². The van der Waals surface area contributed by atoms with Crippen LogP contribution in [0.4, 0.5) is 8.78 Å². The van der Waals surface area contributed by atoms with Gasteiger partial charge in [-0.2, -0.15) is 0 Å². The van der Waals surface area contributed by atoms with Gasteiger partial charge in [-0.1, -0.05) is 0 Å². The fourth-order valence-electron chi connectivity index (χ4n) is 1.90. The minimum absolute atomic E-state index is 0.214. The Hall–Kier alpha value is -0.710. The van der Waals surface area contributed by atoms with Crippen LogP contribution in [-0.2, 0) is 4.79 Å². The normalized spacial score (nSPS) is 22.5. The number of carboxylic acids is 1. The molecule has 1 saturated heterocycles. The predicted octanol–water partition coefficient (Wildman–Crippen LogP) is 1.05. The molecule has 0 bridgehead atoms. The van der Waals surface area contributed by atoms with E-state index in [2.05, 4.69) is 0 Å². The number of nitrogens with zero attached hydrogens (tertiary/aromatic N) is 1. The van der Waals surface area contributed by atoms with Gasteiger partial charge in [0.2, 0.25) is 5.92 Å². The van der Waals surface area contributed by atoms with Crippen LogP contribution in [0.2, 0.25) is 0 Å². The molecular weight excluding hydrogens is 180 g/mol. The van der Waals surface area contributed by atoms with Gasteiger partial charge in [-0.3, -0.25) is 4.79 Å². The third-order valence-electron chi connectivity index (χ3n) is 2.25. The molecule has 0 aromatic carbocycles. The Morgan fingerprint density at radius 1 is 1.62 bits per heavy atom. The molecule has 13 heavy (non-hydrogen) atoms. The maximum absolute atomic E-state index is 12.6. The van der Waals surface area contributed by atoms with Crippen LogP contribution in [0.1, 0.15) is 13.3 Å². The number of likely N-dealkylation sites (tertiary alicyclic amines) is 1. The third-order valence-corrected chi connectivity index (χ3v) is 2.25. The minimum atomic E-state index is -2.90. The van der Waals surface area contributed by atoms with Crippen LogP contribution >= 0.6 is 0 Å². The van der Waals surface area contributed by atoms with Crippen LogP contribution in [0.15, 0.2) is 0 Å². The van der Waals surface area contributed by atoms with Crippen LogP contribution in [0.3, 0.4) is 0 Å². The molecule has 0 unspecified atom stereocenters. The number of carboxylic acid groups (broad SMARTS) is 1. The number of hydrogen-bond acceptors (Lipinski definition) is 2. The van der Waals surface area contributed by atoms with E-state index >= 15 is 0 Å². The molecule has 0 aromatic rings. The minimum Gasteiger partial charge on any atom is -0.481 e. The molecule has 1 rings (SSSR count). The van der Waals surface area contributed by atoms with Crippen molar-refractivity contribution in [3.8, 4) is 0 Å². The number of alkyl halides is 2. The maximum atomic E-state index is 12.6. The SMILES string of the molecule is CN1CC(CC(C)(F)F)(C(=O)O)C1. The second kappa shape index (κ2) is 2.90. The highest BCUT2D eigenvalue weighted by Crippen LogP contribution is 2.39. The van der Waals surface area contributed by atoms with Gasteiger partial charge in [0, 0.05) is 19.5 Å². The summed E-state index contributed by atoms with van der Waals surface area (Å²) in [6.07, 6.45) is -0.570. The molecule has 0 spiro atoms. The van der Waals surface area contributed by atoms with Gasteiger partial charge in [-0.25, -0.2) is 8.78 Å². The molecule has 0 amide bonds. The van der Waals surface area contributed by atoms with E-state index in [0.29, 0.717) is 0 Å². The van der Waals surface area contributed by atoms with Gasteiger partial charge in [0.1, 0.15) is 0 Å². The van der Waals surface area contributed by atoms with Crippen LogP contribution in [-0.4, -0.2) is 42.0 Å². The second-order valence-electron chi connectivity index (χ2n) is 4.00. The van der Waals surface area contributed by atoms with Crippen molar-refractivity contribution in [1.29, 1.82) is 0 Å². The number of aliphatic carboxylic acids is 1. The van der Waals surface area contributed by atoms with Crippen molar-refractivity contribution in [2.45, 2.75) is 19.3 Å². The molecule has 0 aromatic heterocycles. The van der Waals surface area contributed by atoms with Crippen molar-refractivity contribution in [1.82, 2.24) is 4.90 Å². The fourth-order valence-corrected chi connectivity index (χ4v) is 1.90. The summed E-state index contributed by atoms with van der Waals surface area (Å²) in [4.78, 5) is 12.5. The Kier molecular flexibility index (Phi) is 2.32. The quantitative estimate of drug-likeness (QED) is 0.728. The summed E-state index contributed by atoms with van der Waals surface area (Å²) in [6.45, 7) is 1.19. The molecule has 0 aliphatic carbocycles. The lowest BCUT2D eigenvalue weighted by atomic mass is 9.75. The lowest BCUT2D eigenvalue weighted by Crippen LogP contribution is -2.60. The lowest BCUT2D eigenvalue weighted by Gasteiger charge is -2.46. The first-order chi connectivity index (χ1) is 5.75. The molecule has 1 aliphatic heterocycles. The van der Waals surface area contributed by atoms with Crippen LogP contribution < -0.4 is 0 Å². The first-order valence-corrected chi connectivity index (χ1v) is 4.05. The predicted molar refractivity (Wildman–Crippen MR) is 42.8 cm³/mol. The Morgan fingerprint density at radius 2 is 2.08 bits per heavy atom. The summed E-state index contributed by atoms with van der Waals surface area (Å²) in [7, 11) is 1.72. The standard InChI is InChI=1S/C8H13F2NO2/c1-7(9,10)3-8(6(12)13)4-11(2)5-8/h3-5H2,1-2H3,(H,12,13). The first-order valence-electron chi connectivity index (χ1n) is 4.05. The summed E-state index contributed by atoms with van der Waals surface area (Å²) in [6, 6.07) is 0. The van der Waals surface area contributed by atoms with E-state index in [9.17, 15) is 13.6 Å². The van der Waals surface area contributed by atoms with Crippen LogP contribution in [0.5, 0.6) is 0 Å². The van der Waals surface area contributed by atoms with E-state index in [4.69, 9.17) is 5.11 Å². The van der Waals surface area contributed by atoms with E-state index in [-0.39, 0.29) is 13.1 Å². The van der Waals surface area contributed by atoms with Gasteiger partial charge in [-0.05, 0) is 14.0 Å². The van der Waals surface area contributed by atoms with Crippen molar-refractivity contribution in [3.63, 3.8) is 0 Å². The maximum Gasteiger partial charge on any atom is 0.312 e. The fraction of sp³-hybridized carbons (Fsp3) is 0.875. The Morgan fingerprint density at radius 3 is 2.31 bits per heavy atom. The highest BCUT2D eigenvalue weighted by atomic mass is 19.3. The molecule has 1 fully saturated rings. The first kappa shape index (κ1) is 10.4. The Bertz CT molecular complexity index is 219. The van der Waals surface area contributed by atoms with E-state index in [1.54, 1.807) is 11.9 Å². The molecule has 3 nitrogen and oxygen atoms in total. The summed E-state index contributed by atoms with van der Waals surface area (Å²) in [5, 5.41) is 8.80. The van der Waals surface area contributed by atoms with E-state index < -0.39 is 23.7 Å². The van der Waals surface area contributed by atoms with Gasteiger partial charge >= 0.3 is 5.97 Å². The van der Waals surface area contributed by atoms with Crippen molar-refractivity contribution in [3.05, 3.63) is 0 Å². The van der Waals surface area contributed by atoms with Crippen molar-refractivity contribution in [2.24, 2.45) is 5.41 Å². The summed E-state index contributed by atoms with van der Waals surface area (Å²) in [5.41, 5.74) is -1.23. The molecular formula is C8H13F2NO2. The molecule has 76 valence electrons. The van der Waals surface area contributed by atoms with Crippen molar-refractivity contribution in [2.75, 3.05) is 20.1 Å². The largest absolute Gasteiger partial charge is 0.481 e. The summed E-state index contributed by atoms with van der Waals surface area (Å²) >= 11 is 0. The smallest absolute Gasteiger partial charge is 0.312 e. The molecule has 0 radical (unpaired) electrons. The van der Waals surface area contributed by atoms with Gasteiger partial charge in [0.15, 0.2) is 0 Å². The zero-order valence-electron chi connectivity index (χ0n) is 7.68. The number of halogens is 2. The van der Waals surface area contributed by atoms with Crippen LogP contribution in [0, 0.1) is 5.41 Å². The van der Waals surface area contributed by atoms with Crippen molar-refractivity contribution >= 4 is 5.97 Å². The molecule has 1 heterocycles. The van der Waals surface area contributed by atoms with Gasteiger partial charge in [-0.15, -0.1) is 0 Å². The second-order valence-corrected chi connectivity index (χ2v) is 4.00. The molecule has 1 N–H and O–H groups in total. The zero-order valence-corrected chi connectivity index (χ0v) is 7.68. The highest BCUT2D eigenvalue weighted by Gasteiger charge is 2.52. The molecule has 1 aliphatic rings. The molecule has 5 heteroatoms. The average molecular weight is 193 g/mol. The van der Waals surface area contributed by atoms with E-state index in [1.807, 2.05) is 0 Å². The average Bonchev–Trinajstić information content (AvgIpc) is 1.79.